The molecule has 2 N–H and O–H groups in total. The van der Waals surface area contributed by atoms with Crippen LogP contribution in [0.15, 0.2) is 24.3 Å². The van der Waals surface area contributed by atoms with Crippen molar-refractivity contribution in [2.24, 2.45) is 0 Å². The molecular formula is C16H26N2O2. The maximum absolute atomic E-state index is 12.4. The minimum absolute atomic E-state index is 0.0142. The molecule has 1 rings (SSSR count). The van der Waals surface area contributed by atoms with E-state index in [1.54, 1.807) is 7.11 Å². The van der Waals surface area contributed by atoms with Crippen LogP contribution in [-0.4, -0.2) is 32.7 Å². The molecule has 0 fully saturated rings. The van der Waals surface area contributed by atoms with Gasteiger partial charge in [-0.2, -0.15) is 0 Å². The molecule has 0 heterocycles. The van der Waals surface area contributed by atoms with Crippen molar-refractivity contribution >= 4 is 5.91 Å². The minimum Gasteiger partial charge on any atom is -0.496 e. The molecule has 0 aliphatic rings. The van der Waals surface area contributed by atoms with Crippen LogP contribution in [0.2, 0.25) is 0 Å². The smallest absolute Gasteiger partial charge is 0.230 e. The second-order valence-electron chi connectivity index (χ2n) is 5.33. The van der Waals surface area contributed by atoms with E-state index in [0.717, 1.165) is 30.8 Å². The van der Waals surface area contributed by atoms with E-state index in [1.807, 2.05) is 38.1 Å². The van der Waals surface area contributed by atoms with Crippen LogP contribution in [0.1, 0.15) is 32.8 Å². The van der Waals surface area contributed by atoms with E-state index in [-0.39, 0.29) is 5.91 Å². The first kappa shape index (κ1) is 16.5. The average Bonchev–Trinajstić information content (AvgIpc) is 2.46. The molecule has 0 saturated carbocycles. The predicted octanol–water partition coefficient (Wildman–Crippen LogP) is 2.09. The molecule has 0 radical (unpaired) electrons. The summed E-state index contributed by atoms with van der Waals surface area (Å²) in [6.07, 6.45) is 1.10. The van der Waals surface area contributed by atoms with Crippen molar-refractivity contribution in [3.63, 3.8) is 0 Å². The van der Waals surface area contributed by atoms with Gasteiger partial charge in [0.1, 0.15) is 5.75 Å². The Morgan fingerprint density at radius 3 is 2.55 bits per heavy atom. The summed E-state index contributed by atoms with van der Waals surface area (Å²) in [6.45, 7) is 8.36. The van der Waals surface area contributed by atoms with E-state index < -0.39 is 5.41 Å². The van der Waals surface area contributed by atoms with E-state index in [0.29, 0.717) is 6.54 Å². The van der Waals surface area contributed by atoms with Crippen LogP contribution in [0.25, 0.3) is 0 Å². The van der Waals surface area contributed by atoms with Gasteiger partial charge < -0.3 is 15.4 Å². The van der Waals surface area contributed by atoms with Crippen molar-refractivity contribution in [1.29, 1.82) is 0 Å². The van der Waals surface area contributed by atoms with Gasteiger partial charge in [-0.1, -0.05) is 25.1 Å². The highest BCUT2D eigenvalue weighted by Crippen LogP contribution is 2.31. The normalized spacial score (nSPS) is 11.2. The maximum Gasteiger partial charge on any atom is 0.230 e. The fraction of sp³-hybridized carbons (Fsp3) is 0.562. The van der Waals surface area contributed by atoms with Crippen LogP contribution >= 0.6 is 0 Å². The van der Waals surface area contributed by atoms with Crippen LogP contribution in [0.3, 0.4) is 0 Å². The summed E-state index contributed by atoms with van der Waals surface area (Å²) < 4.78 is 5.35. The van der Waals surface area contributed by atoms with E-state index in [4.69, 9.17) is 4.74 Å². The van der Waals surface area contributed by atoms with Gasteiger partial charge in [0.25, 0.3) is 0 Å². The highest BCUT2D eigenvalue weighted by molar-refractivity contribution is 5.88. The standard InChI is InChI=1S/C16H26N2O2/c1-5-10-17-11-12-18-15(19)16(2,3)13-8-6-7-9-14(13)20-4/h6-9,17H,5,10-12H2,1-4H3,(H,18,19). The number of para-hydroxylation sites is 1. The zero-order valence-electron chi connectivity index (χ0n) is 13.0. The Morgan fingerprint density at radius 2 is 1.90 bits per heavy atom. The third-order valence-corrected chi connectivity index (χ3v) is 3.36. The number of benzene rings is 1. The first-order valence-electron chi connectivity index (χ1n) is 7.16. The molecule has 0 aromatic heterocycles. The molecule has 0 aliphatic carbocycles. The maximum atomic E-state index is 12.4. The molecule has 0 saturated heterocycles. The third-order valence-electron chi connectivity index (χ3n) is 3.36. The molecular weight excluding hydrogens is 252 g/mol. The van der Waals surface area contributed by atoms with Crippen molar-refractivity contribution in [1.82, 2.24) is 10.6 Å². The van der Waals surface area contributed by atoms with Crippen molar-refractivity contribution in [3.8, 4) is 5.75 Å². The quantitative estimate of drug-likeness (QED) is 0.716. The second-order valence-corrected chi connectivity index (χ2v) is 5.33. The number of carbonyl (C=O) groups excluding carboxylic acids is 1. The number of hydrogen-bond donors (Lipinski definition) is 2. The summed E-state index contributed by atoms with van der Waals surface area (Å²) in [7, 11) is 1.63. The van der Waals surface area contributed by atoms with Gasteiger partial charge in [-0.25, -0.2) is 0 Å². The van der Waals surface area contributed by atoms with Gasteiger partial charge in [-0.15, -0.1) is 0 Å². The monoisotopic (exact) mass is 278 g/mol. The van der Waals surface area contributed by atoms with Crippen LogP contribution in [0.4, 0.5) is 0 Å². The van der Waals surface area contributed by atoms with Gasteiger partial charge in [0.15, 0.2) is 0 Å². The Hall–Kier alpha value is -1.55. The highest BCUT2D eigenvalue weighted by Gasteiger charge is 2.32. The zero-order valence-corrected chi connectivity index (χ0v) is 13.0. The van der Waals surface area contributed by atoms with Gasteiger partial charge >= 0.3 is 0 Å². The molecule has 4 heteroatoms. The van der Waals surface area contributed by atoms with Crippen LogP contribution in [0, 0.1) is 0 Å². The number of amides is 1. The predicted molar refractivity (Wildman–Crippen MR) is 82.2 cm³/mol. The van der Waals surface area contributed by atoms with Crippen molar-refractivity contribution in [3.05, 3.63) is 29.8 Å². The van der Waals surface area contributed by atoms with E-state index in [1.165, 1.54) is 0 Å². The average molecular weight is 278 g/mol. The van der Waals surface area contributed by atoms with E-state index in [9.17, 15) is 4.79 Å². The minimum atomic E-state index is -0.614. The summed E-state index contributed by atoms with van der Waals surface area (Å²) in [6, 6.07) is 7.65. The molecule has 0 aliphatic heterocycles. The summed E-state index contributed by atoms with van der Waals surface area (Å²) >= 11 is 0. The lowest BCUT2D eigenvalue weighted by atomic mass is 9.83. The molecule has 0 bridgehead atoms. The number of nitrogens with one attached hydrogen (secondary N) is 2. The number of carbonyl (C=O) groups is 1. The summed E-state index contributed by atoms with van der Waals surface area (Å²) in [5.74, 6) is 0.761. The lowest BCUT2D eigenvalue weighted by Crippen LogP contribution is -2.42. The van der Waals surface area contributed by atoms with Crippen LogP contribution < -0.4 is 15.4 Å². The SMILES string of the molecule is CCCNCCNC(=O)C(C)(C)c1ccccc1OC. The summed E-state index contributed by atoms with van der Waals surface area (Å²) in [5, 5.41) is 6.24. The Morgan fingerprint density at radius 1 is 1.20 bits per heavy atom. The fourth-order valence-corrected chi connectivity index (χ4v) is 2.07. The molecule has 4 nitrogen and oxygen atoms in total. The molecule has 1 amide bonds. The Bertz CT molecular complexity index is 430. The van der Waals surface area contributed by atoms with Crippen molar-refractivity contribution < 1.29 is 9.53 Å². The number of hydrogen-bond acceptors (Lipinski definition) is 3. The van der Waals surface area contributed by atoms with E-state index >= 15 is 0 Å². The molecule has 112 valence electrons. The molecule has 0 atom stereocenters. The lowest BCUT2D eigenvalue weighted by Gasteiger charge is -2.26. The Kier molecular flexibility index (Phi) is 6.52. The van der Waals surface area contributed by atoms with Gasteiger partial charge in [0.05, 0.1) is 12.5 Å². The van der Waals surface area contributed by atoms with Gasteiger partial charge in [-0.05, 0) is 32.9 Å². The van der Waals surface area contributed by atoms with Crippen molar-refractivity contribution in [2.75, 3.05) is 26.7 Å². The Labute approximate surface area is 121 Å². The second kappa shape index (κ2) is 7.90. The number of ether oxygens (including phenoxy) is 1. The van der Waals surface area contributed by atoms with Gasteiger partial charge in [0.2, 0.25) is 5.91 Å². The molecule has 1 aromatic rings. The molecule has 0 spiro atoms. The van der Waals surface area contributed by atoms with Crippen LogP contribution in [0.5, 0.6) is 5.75 Å². The van der Waals surface area contributed by atoms with Crippen molar-refractivity contribution in [2.45, 2.75) is 32.6 Å². The highest BCUT2D eigenvalue weighted by atomic mass is 16.5. The fourth-order valence-electron chi connectivity index (χ4n) is 2.07. The number of methoxy groups -OCH3 is 1. The first-order valence-corrected chi connectivity index (χ1v) is 7.16. The summed E-state index contributed by atoms with van der Waals surface area (Å²) in [5.41, 5.74) is 0.290. The van der Waals surface area contributed by atoms with E-state index in [2.05, 4.69) is 17.6 Å². The summed E-state index contributed by atoms with van der Waals surface area (Å²) in [4.78, 5) is 12.4. The molecule has 0 unspecified atom stereocenters. The van der Waals surface area contributed by atoms with Crippen LogP contribution in [-0.2, 0) is 10.2 Å². The number of rotatable bonds is 8. The Balaban J connectivity index is 2.65. The zero-order chi connectivity index (χ0) is 15.0. The third kappa shape index (κ3) is 4.23. The van der Waals surface area contributed by atoms with Gasteiger partial charge in [0, 0.05) is 18.7 Å². The first-order chi connectivity index (χ1) is 9.54. The molecule has 1 aromatic carbocycles. The van der Waals surface area contributed by atoms with Gasteiger partial charge in [-0.3, -0.25) is 4.79 Å². The lowest BCUT2D eigenvalue weighted by molar-refractivity contribution is -0.125. The topological polar surface area (TPSA) is 50.4 Å². The molecule has 20 heavy (non-hydrogen) atoms. The largest absolute Gasteiger partial charge is 0.496 e.